The van der Waals surface area contributed by atoms with E-state index in [0.717, 1.165) is 25.3 Å². The topological polar surface area (TPSA) is 26.3 Å². The Morgan fingerprint density at radius 1 is 1.43 bits per heavy atom. The fraction of sp³-hybridized carbons (Fsp3) is 0.222. The van der Waals surface area contributed by atoms with Gasteiger partial charge in [-0.2, -0.15) is 8.78 Å². The van der Waals surface area contributed by atoms with Gasteiger partial charge in [-0.15, -0.1) is 0 Å². The van der Waals surface area contributed by atoms with Crippen LogP contribution in [-0.2, 0) is 15.5 Å². The van der Waals surface area contributed by atoms with Gasteiger partial charge in [0, 0.05) is 5.56 Å². The van der Waals surface area contributed by atoms with Gasteiger partial charge in [-0.05, 0) is 12.1 Å². The number of halogens is 3. The predicted molar refractivity (Wildman–Crippen MR) is 42.3 cm³/mol. The zero-order valence-electron chi connectivity index (χ0n) is 7.26. The highest BCUT2D eigenvalue weighted by molar-refractivity contribution is 5.79. The molecule has 5 heteroatoms. The minimum atomic E-state index is -3.81. The number of hydrogen-bond acceptors (Lipinski definition) is 2. The molecule has 0 fully saturated rings. The monoisotopic (exact) mass is 204 g/mol. The largest absolute Gasteiger partial charge is 0.464 e. The van der Waals surface area contributed by atoms with Crippen LogP contribution in [0.2, 0.25) is 0 Å². The summed E-state index contributed by atoms with van der Waals surface area (Å²) in [4.78, 5) is 10.7. The van der Waals surface area contributed by atoms with E-state index in [4.69, 9.17) is 0 Å². The van der Waals surface area contributed by atoms with Gasteiger partial charge in [0.2, 0.25) is 0 Å². The van der Waals surface area contributed by atoms with Gasteiger partial charge in [0.05, 0.1) is 7.11 Å². The summed E-state index contributed by atoms with van der Waals surface area (Å²) in [5.74, 6) is -6.34. The molecule has 0 aliphatic rings. The Labute approximate surface area is 78.3 Å². The quantitative estimate of drug-likeness (QED) is 0.689. The number of benzene rings is 1. The van der Waals surface area contributed by atoms with Gasteiger partial charge in [0.15, 0.2) is 0 Å². The van der Waals surface area contributed by atoms with Gasteiger partial charge in [0.1, 0.15) is 5.82 Å². The maximum Gasteiger partial charge on any atom is 0.381 e. The molecule has 2 nitrogen and oxygen atoms in total. The zero-order valence-corrected chi connectivity index (χ0v) is 7.26. The van der Waals surface area contributed by atoms with Crippen molar-refractivity contribution in [2.75, 3.05) is 7.11 Å². The van der Waals surface area contributed by atoms with Crippen LogP contribution < -0.4 is 0 Å². The molecule has 0 aliphatic carbocycles. The molecule has 1 aromatic rings. The van der Waals surface area contributed by atoms with Gasteiger partial charge in [0.25, 0.3) is 0 Å². The van der Waals surface area contributed by atoms with Crippen molar-refractivity contribution in [3.8, 4) is 0 Å². The third kappa shape index (κ3) is 1.86. The van der Waals surface area contributed by atoms with Crippen LogP contribution >= 0.6 is 0 Å². The Hall–Kier alpha value is -1.52. The molecular formula is C9H7F3O2. The van der Waals surface area contributed by atoms with Crippen molar-refractivity contribution in [3.05, 3.63) is 35.6 Å². The summed E-state index contributed by atoms with van der Waals surface area (Å²) in [5.41, 5.74) is -0.718. The van der Waals surface area contributed by atoms with E-state index < -0.39 is 23.3 Å². The predicted octanol–water partition coefficient (Wildman–Crippen LogP) is 2.09. The van der Waals surface area contributed by atoms with Gasteiger partial charge in [-0.25, -0.2) is 9.18 Å². The maximum atomic E-state index is 13.1. The molecule has 0 heterocycles. The Morgan fingerprint density at radius 2 is 2.07 bits per heavy atom. The third-order valence-electron chi connectivity index (χ3n) is 1.63. The summed E-state index contributed by atoms with van der Waals surface area (Å²) in [6, 6.07) is 3.66. The second kappa shape index (κ2) is 3.69. The SMILES string of the molecule is COC(=O)C(F)(F)c1cccc(F)c1. The first-order valence-electron chi connectivity index (χ1n) is 3.70. The van der Waals surface area contributed by atoms with E-state index in [1.54, 1.807) is 0 Å². The smallest absolute Gasteiger partial charge is 0.381 e. The molecule has 1 rings (SSSR count). The summed E-state index contributed by atoms with van der Waals surface area (Å²) in [6.45, 7) is 0. The molecule has 76 valence electrons. The van der Waals surface area contributed by atoms with Crippen molar-refractivity contribution >= 4 is 5.97 Å². The molecule has 0 spiro atoms. The van der Waals surface area contributed by atoms with Crippen LogP contribution in [0.5, 0.6) is 0 Å². The van der Waals surface area contributed by atoms with Crippen LogP contribution in [-0.4, -0.2) is 13.1 Å². The zero-order chi connectivity index (χ0) is 10.8. The van der Waals surface area contributed by atoms with Crippen LogP contribution in [0, 0.1) is 5.82 Å². The summed E-state index contributed by atoms with van der Waals surface area (Å²) in [5, 5.41) is 0. The van der Waals surface area contributed by atoms with Crippen molar-refractivity contribution < 1.29 is 22.7 Å². The fourth-order valence-corrected chi connectivity index (χ4v) is 0.930. The molecule has 0 N–H and O–H groups in total. The molecule has 0 radical (unpaired) electrons. The first-order valence-corrected chi connectivity index (χ1v) is 3.70. The summed E-state index contributed by atoms with van der Waals surface area (Å²) in [6.07, 6.45) is 0. The van der Waals surface area contributed by atoms with Crippen molar-refractivity contribution in [1.82, 2.24) is 0 Å². The Morgan fingerprint density at radius 3 is 2.57 bits per heavy atom. The molecule has 0 bridgehead atoms. The molecule has 0 unspecified atom stereocenters. The number of rotatable bonds is 2. The molecule has 0 atom stereocenters. The lowest BCUT2D eigenvalue weighted by Crippen LogP contribution is -2.27. The van der Waals surface area contributed by atoms with Crippen LogP contribution in [0.25, 0.3) is 0 Å². The van der Waals surface area contributed by atoms with E-state index in [1.807, 2.05) is 0 Å². The van der Waals surface area contributed by atoms with E-state index in [1.165, 1.54) is 0 Å². The maximum absolute atomic E-state index is 13.1. The van der Waals surface area contributed by atoms with Gasteiger partial charge in [-0.3, -0.25) is 0 Å². The molecule has 0 aliphatic heterocycles. The number of alkyl halides is 2. The van der Waals surface area contributed by atoms with E-state index in [9.17, 15) is 18.0 Å². The number of carbonyl (C=O) groups is 1. The average Bonchev–Trinajstić information content (AvgIpc) is 2.16. The summed E-state index contributed by atoms with van der Waals surface area (Å²) >= 11 is 0. The minimum Gasteiger partial charge on any atom is -0.464 e. The molecule has 0 saturated carbocycles. The molecular weight excluding hydrogens is 197 g/mol. The summed E-state index contributed by atoms with van der Waals surface area (Å²) in [7, 11) is 0.843. The fourth-order valence-electron chi connectivity index (χ4n) is 0.930. The Bertz CT molecular complexity index is 350. The van der Waals surface area contributed by atoms with Crippen molar-refractivity contribution in [1.29, 1.82) is 0 Å². The lowest BCUT2D eigenvalue weighted by Gasteiger charge is -2.13. The van der Waals surface area contributed by atoms with E-state index in [-0.39, 0.29) is 0 Å². The highest BCUT2D eigenvalue weighted by Gasteiger charge is 2.42. The lowest BCUT2D eigenvalue weighted by molar-refractivity contribution is -0.170. The Kier molecular flexibility index (Phi) is 2.78. The highest BCUT2D eigenvalue weighted by Crippen LogP contribution is 2.29. The first kappa shape index (κ1) is 10.6. The number of methoxy groups -OCH3 is 1. The van der Waals surface area contributed by atoms with Crippen molar-refractivity contribution in [2.45, 2.75) is 5.92 Å². The van der Waals surface area contributed by atoms with Gasteiger partial charge >= 0.3 is 11.9 Å². The molecule has 14 heavy (non-hydrogen) atoms. The second-order valence-electron chi connectivity index (χ2n) is 2.58. The first-order chi connectivity index (χ1) is 6.48. The third-order valence-corrected chi connectivity index (χ3v) is 1.63. The highest BCUT2D eigenvalue weighted by atomic mass is 19.3. The van der Waals surface area contributed by atoms with Crippen molar-refractivity contribution in [2.24, 2.45) is 0 Å². The number of esters is 1. The van der Waals surface area contributed by atoms with Crippen LogP contribution in [0.4, 0.5) is 13.2 Å². The van der Waals surface area contributed by atoms with E-state index in [2.05, 4.69) is 4.74 Å². The van der Waals surface area contributed by atoms with E-state index >= 15 is 0 Å². The second-order valence-corrected chi connectivity index (χ2v) is 2.58. The normalized spacial score (nSPS) is 11.1. The molecule has 0 saturated heterocycles. The molecule has 1 aromatic carbocycles. The standard InChI is InChI=1S/C9H7F3O2/c1-14-8(13)9(11,12)6-3-2-4-7(10)5-6/h2-5H,1H3. The van der Waals surface area contributed by atoms with Crippen LogP contribution in [0.15, 0.2) is 24.3 Å². The number of carbonyl (C=O) groups excluding carboxylic acids is 1. The van der Waals surface area contributed by atoms with Gasteiger partial charge in [-0.1, -0.05) is 12.1 Å². The number of ether oxygens (including phenoxy) is 1. The van der Waals surface area contributed by atoms with Crippen LogP contribution in [0.1, 0.15) is 5.56 Å². The molecule has 0 amide bonds. The van der Waals surface area contributed by atoms with E-state index in [0.29, 0.717) is 6.07 Å². The Balaban J connectivity index is 3.09. The lowest BCUT2D eigenvalue weighted by atomic mass is 10.1. The van der Waals surface area contributed by atoms with Crippen LogP contribution in [0.3, 0.4) is 0 Å². The average molecular weight is 204 g/mol. The summed E-state index contributed by atoms with van der Waals surface area (Å²) < 4.78 is 42.7. The minimum absolute atomic E-state index is 0.594. The van der Waals surface area contributed by atoms with Crippen molar-refractivity contribution in [3.63, 3.8) is 0 Å². The van der Waals surface area contributed by atoms with Gasteiger partial charge < -0.3 is 4.74 Å². The molecule has 0 aromatic heterocycles. The number of hydrogen-bond donors (Lipinski definition) is 0.